The number of hydrogen-bond acceptors (Lipinski definition) is 1. The molecule has 0 aliphatic rings. The summed E-state index contributed by atoms with van der Waals surface area (Å²) in [5, 5.41) is 4.62. The Hall–Kier alpha value is -0.540. The molecule has 0 aliphatic carbocycles. The van der Waals surface area contributed by atoms with E-state index in [9.17, 15) is 4.79 Å². The Bertz CT molecular complexity index is 370. The van der Waals surface area contributed by atoms with Crippen molar-refractivity contribution in [1.29, 1.82) is 0 Å². The van der Waals surface area contributed by atoms with Crippen molar-refractivity contribution in [3.8, 4) is 0 Å². The fourth-order valence-corrected chi connectivity index (χ4v) is 2.15. The Kier molecular flexibility index (Phi) is 6.60. The van der Waals surface area contributed by atoms with Crippen molar-refractivity contribution < 1.29 is 4.79 Å². The summed E-state index contributed by atoms with van der Waals surface area (Å²) >= 11 is 9.26. The minimum atomic E-state index is 0.00479. The summed E-state index contributed by atoms with van der Waals surface area (Å²) in [6, 6.07) is 7.58. The summed E-state index contributed by atoms with van der Waals surface area (Å²) in [5.41, 5.74) is 1.03. The summed E-state index contributed by atoms with van der Waals surface area (Å²) < 4.78 is 0. The lowest BCUT2D eigenvalue weighted by molar-refractivity contribution is -0.121. The lowest BCUT2D eigenvalue weighted by Crippen LogP contribution is -2.26. The quantitative estimate of drug-likeness (QED) is 0.621. The van der Waals surface area contributed by atoms with Gasteiger partial charge in [0.05, 0.1) is 6.04 Å². The number of benzene rings is 1. The van der Waals surface area contributed by atoms with Gasteiger partial charge >= 0.3 is 0 Å². The van der Waals surface area contributed by atoms with Crippen molar-refractivity contribution in [3.63, 3.8) is 0 Å². The third-order valence-electron chi connectivity index (χ3n) is 2.51. The van der Waals surface area contributed by atoms with Crippen molar-refractivity contribution in [3.05, 3.63) is 34.9 Å². The van der Waals surface area contributed by atoms with E-state index in [1.54, 1.807) is 0 Å². The van der Waals surface area contributed by atoms with E-state index >= 15 is 0 Å². The molecule has 1 aromatic rings. The predicted octanol–water partition coefficient (Wildman–Crippen LogP) is 4.08. The Morgan fingerprint density at radius 1 is 1.47 bits per heavy atom. The molecule has 4 heteroatoms. The van der Waals surface area contributed by atoms with Crippen LogP contribution in [0.15, 0.2) is 24.3 Å². The Labute approximate surface area is 116 Å². The minimum Gasteiger partial charge on any atom is -0.350 e. The molecule has 0 heterocycles. The summed E-state index contributed by atoms with van der Waals surface area (Å²) in [7, 11) is 0. The van der Waals surface area contributed by atoms with Crippen LogP contribution in [0.1, 0.15) is 37.8 Å². The zero-order valence-corrected chi connectivity index (χ0v) is 12.2. The highest BCUT2D eigenvalue weighted by atomic mass is 79.9. The number of hydrogen-bond donors (Lipinski definition) is 1. The number of alkyl halides is 1. The predicted molar refractivity (Wildman–Crippen MR) is 75.7 cm³/mol. The van der Waals surface area contributed by atoms with Crippen LogP contribution < -0.4 is 5.32 Å². The SMILES string of the molecule is CC(NC(=O)CCCCBr)c1cccc(Cl)c1. The largest absolute Gasteiger partial charge is 0.350 e. The van der Waals surface area contributed by atoms with E-state index in [1.807, 2.05) is 31.2 Å². The van der Waals surface area contributed by atoms with Crippen molar-refractivity contribution in [2.75, 3.05) is 5.33 Å². The Morgan fingerprint density at radius 2 is 2.24 bits per heavy atom. The van der Waals surface area contributed by atoms with Gasteiger partial charge in [-0.15, -0.1) is 0 Å². The number of unbranched alkanes of at least 4 members (excludes halogenated alkanes) is 1. The molecular formula is C13H17BrClNO. The second-order valence-corrected chi connectivity index (χ2v) is 5.22. The highest BCUT2D eigenvalue weighted by Gasteiger charge is 2.09. The third-order valence-corrected chi connectivity index (χ3v) is 3.31. The maximum atomic E-state index is 11.6. The van der Waals surface area contributed by atoms with Gasteiger partial charge in [-0.2, -0.15) is 0 Å². The number of carbonyl (C=O) groups is 1. The average molecular weight is 319 g/mol. The van der Waals surface area contributed by atoms with Crippen LogP contribution >= 0.6 is 27.5 Å². The van der Waals surface area contributed by atoms with Crippen LogP contribution in [0, 0.1) is 0 Å². The van der Waals surface area contributed by atoms with Gasteiger partial charge in [0, 0.05) is 16.8 Å². The molecule has 0 bridgehead atoms. The van der Waals surface area contributed by atoms with Crippen molar-refractivity contribution in [2.45, 2.75) is 32.2 Å². The van der Waals surface area contributed by atoms with Crippen molar-refractivity contribution >= 4 is 33.4 Å². The molecule has 1 aromatic carbocycles. The first-order valence-corrected chi connectivity index (χ1v) is 7.24. The number of halogens is 2. The highest BCUT2D eigenvalue weighted by molar-refractivity contribution is 9.09. The fourth-order valence-electron chi connectivity index (χ4n) is 1.55. The number of amides is 1. The molecule has 0 saturated carbocycles. The molecule has 0 radical (unpaired) electrons. The Balaban J connectivity index is 2.43. The van der Waals surface area contributed by atoms with E-state index in [0.717, 1.165) is 23.7 Å². The summed E-state index contributed by atoms with van der Waals surface area (Å²) in [5.74, 6) is 0.0958. The van der Waals surface area contributed by atoms with E-state index in [4.69, 9.17) is 11.6 Å². The number of rotatable bonds is 6. The molecule has 0 fully saturated rings. The topological polar surface area (TPSA) is 29.1 Å². The van der Waals surface area contributed by atoms with E-state index in [0.29, 0.717) is 11.4 Å². The molecule has 1 amide bonds. The average Bonchev–Trinajstić information content (AvgIpc) is 2.29. The molecule has 1 rings (SSSR count). The normalized spacial score (nSPS) is 12.2. The van der Waals surface area contributed by atoms with Crippen LogP contribution in [0.25, 0.3) is 0 Å². The summed E-state index contributed by atoms with van der Waals surface area (Å²) in [6.45, 7) is 1.97. The summed E-state index contributed by atoms with van der Waals surface area (Å²) in [4.78, 5) is 11.6. The lowest BCUT2D eigenvalue weighted by Gasteiger charge is -2.14. The summed E-state index contributed by atoms with van der Waals surface area (Å²) in [6.07, 6.45) is 2.52. The number of carbonyl (C=O) groups excluding carboxylic acids is 1. The van der Waals surface area contributed by atoms with Gasteiger partial charge in [0.25, 0.3) is 0 Å². The van der Waals surface area contributed by atoms with Crippen LogP contribution in [0.4, 0.5) is 0 Å². The van der Waals surface area contributed by atoms with Crippen LogP contribution in [-0.4, -0.2) is 11.2 Å². The molecule has 0 spiro atoms. The lowest BCUT2D eigenvalue weighted by atomic mass is 10.1. The monoisotopic (exact) mass is 317 g/mol. The molecule has 1 unspecified atom stereocenters. The molecule has 2 nitrogen and oxygen atoms in total. The van der Waals surface area contributed by atoms with E-state index in [-0.39, 0.29) is 11.9 Å². The molecule has 1 atom stereocenters. The van der Waals surface area contributed by atoms with Gasteiger partial charge in [-0.3, -0.25) is 4.79 Å². The second-order valence-electron chi connectivity index (χ2n) is 3.99. The van der Waals surface area contributed by atoms with E-state index in [1.165, 1.54) is 0 Å². The van der Waals surface area contributed by atoms with Crippen LogP contribution in [0.2, 0.25) is 5.02 Å². The molecule has 17 heavy (non-hydrogen) atoms. The maximum Gasteiger partial charge on any atom is 0.220 e. The standard InChI is InChI=1S/C13H17BrClNO/c1-10(11-5-4-6-12(15)9-11)16-13(17)7-2-3-8-14/h4-6,9-10H,2-3,7-8H2,1H3,(H,16,17). The van der Waals surface area contributed by atoms with Crippen molar-refractivity contribution in [1.82, 2.24) is 5.32 Å². The smallest absolute Gasteiger partial charge is 0.220 e. The minimum absolute atomic E-state index is 0.00479. The fraction of sp³-hybridized carbons (Fsp3) is 0.462. The Morgan fingerprint density at radius 3 is 2.88 bits per heavy atom. The zero-order chi connectivity index (χ0) is 12.7. The van der Waals surface area contributed by atoms with Gasteiger partial charge in [-0.25, -0.2) is 0 Å². The van der Waals surface area contributed by atoms with Gasteiger partial charge in [0.2, 0.25) is 5.91 Å². The second kappa shape index (κ2) is 7.72. The number of nitrogens with one attached hydrogen (secondary N) is 1. The van der Waals surface area contributed by atoms with Gasteiger partial charge < -0.3 is 5.32 Å². The molecule has 1 N–H and O–H groups in total. The van der Waals surface area contributed by atoms with Crippen LogP contribution in [-0.2, 0) is 4.79 Å². The first kappa shape index (κ1) is 14.5. The van der Waals surface area contributed by atoms with Gasteiger partial charge in [0.1, 0.15) is 0 Å². The molecule has 0 aliphatic heterocycles. The first-order valence-electron chi connectivity index (χ1n) is 5.74. The van der Waals surface area contributed by atoms with Crippen LogP contribution in [0.5, 0.6) is 0 Å². The highest BCUT2D eigenvalue weighted by Crippen LogP contribution is 2.17. The molecular weight excluding hydrogens is 302 g/mol. The maximum absolute atomic E-state index is 11.6. The van der Waals surface area contributed by atoms with Gasteiger partial charge in [0.15, 0.2) is 0 Å². The van der Waals surface area contributed by atoms with Crippen LogP contribution in [0.3, 0.4) is 0 Å². The van der Waals surface area contributed by atoms with E-state index < -0.39 is 0 Å². The zero-order valence-electron chi connectivity index (χ0n) is 9.88. The first-order chi connectivity index (χ1) is 8.13. The van der Waals surface area contributed by atoms with Crippen molar-refractivity contribution in [2.24, 2.45) is 0 Å². The van der Waals surface area contributed by atoms with Gasteiger partial charge in [-0.05, 0) is 37.5 Å². The third kappa shape index (κ3) is 5.55. The molecule has 94 valence electrons. The van der Waals surface area contributed by atoms with E-state index in [2.05, 4.69) is 21.2 Å². The van der Waals surface area contributed by atoms with Gasteiger partial charge in [-0.1, -0.05) is 39.7 Å². The molecule has 0 saturated heterocycles. The molecule has 0 aromatic heterocycles.